The van der Waals surface area contributed by atoms with Crippen LogP contribution >= 0.6 is 0 Å². The van der Waals surface area contributed by atoms with E-state index < -0.39 is 5.60 Å². The maximum Gasteiger partial charge on any atom is 0.407 e. The lowest BCUT2D eigenvalue weighted by atomic mass is 10.0. The highest BCUT2D eigenvalue weighted by atomic mass is 16.6. The van der Waals surface area contributed by atoms with Crippen molar-refractivity contribution in [2.24, 2.45) is 0 Å². The Balaban J connectivity index is 4.81. The number of carbonyl (C=O) groups is 3. The Bertz CT molecular complexity index is 906. The van der Waals surface area contributed by atoms with Crippen LogP contribution in [0.1, 0.15) is 254 Å². The summed E-state index contributed by atoms with van der Waals surface area (Å²) in [6, 6.07) is 0.445. The fourth-order valence-corrected chi connectivity index (χ4v) is 7.65. The number of carbonyl (C=O) groups excluding carboxylic acids is 3. The molecule has 0 aromatic heterocycles. The molecule has 0 aliphatic rings. The van der Waals surface area contributed by atoms with Crippen LogP contribution in [0.4, 0.5) is 4.79 Å². The zero-order valence-electron chi connectivity index (χ0n) is 39.0. The van der Waals surface area contributed by atoms with E-state index in [1.54, 1.807) is 0 Å². The molecule has 0 spiro atoms. The van der Waals surface area contributed by atoms with Crippen molar-refractivity contribution in [3.05, 3.63) is 0 Å². The minimum atomic E-state index is -0.519. The van der Waals surface area contributed by atoms with Gasteiger partial charge in [0.15, 0.2) is 0 Å². The Kier molecular flexibility index (Phi) is 38.3. The lowest BCUT2D eigenvalue weighted by Crippen LogP contribution is -2.42. The van der Waals surface area contributed by atoms with E-state index in [2.05, 4.69) is 37.9 Å². The van der Waals surface area contributed by atoms with Gasteiger partial charge in [0.2, 0.25) is 0 Å². The third-order valence-electron chi connectivity index (χ3n) is 11.0. The van der Waals surface area contributed by atoms with Crippen molar-refractivity contribution in [3.8, 4) is 0 Å². The van der Waals surface area contributed by atoms with E-state index in [1.165, 1.54) is 96.3 Å². The van der Waals surface area contributed by atoms with Crippen molar-refractivity contribution >= 4 is 18.0 Å². The first kappa shape index (κ1) is 55.2. The summed E-state index contributed by atoms with van der Waals surface area (Å²) in [5.41, 5.74) is -0.519. The Morgan fingerprint density at radius 1 is 0.509 bits per heavy atom. The summed E-state index contributed by atoms with van der Waals surface area (Å²) in [5.74, 6) is -0.0590. The van der Waals surface area contributed by atoms with Gasteiger partial charge in [-0.15, -0.1) is 0 Å². The average Bonchev–Trinajstić information content (AvgIpc) is 3.16. The summed E-state index contributed by atoms with van der Waals surface area (Å²) < 4.78 is 17.0. The number of hydrogen-bond acceptors (Lipinski definition) is 7. The molecular formula is C49H96N2O6. The minimum Gasteiger partial charge on any atom is -0.466 e. The molecule has 0 bridgehead atoms. The number of ether oxygens (including phenoxy) is 3. The second-order valence-corrected chi connectivity index (χ2v) is 17.9. The quantitative estimate of drug-likeness (QED) is 0.0373. The Hall–Kier alpha value is -1.83. The number of hydrogen-bond donors (Lipinski definition) is 1. The standard InChI is InChI=1S/C49H96N2O6/c1-8-12-15-18-21-28-36-45(37-29-22-19-16-13-9-2)56-47(53)39-30-23-20-24-32-41-51(42-40-50-48(54)57-49(5,6)7)44(34-11-4)35-27-26-31-38-46(52)55-43-33-25-17-14-10-3/h44-45H,8-43H2,1-7H3,(H,50,54). The Morgan fingerprint density at radius 3 is 1.54 bits per heavy atom. The molecule has 1 amide bonds. The van der Waals surface area contributed by atoms with Gasteiger partial charge in [-0.05, 0) is 91.5 Å². The van der Waals surface area contributed by atoms with Gasteiger partial charge in [0, 0.05) is 32.0 Å². The molecule has 0 rings (SSSR count). The molecule has 1 unspecified atom stereocenters. The van der Waals surface area contributed by atoms with Gasteiger partial charge in [-0.25, -0.2) is 4.79 Å². The van der Waals surface area contributed by atoms with E-state index in [4.69, 9.17) is 14.2 Å². The van der Waals surface area contributed by atoms with Crippen molar-refractivity contribution in [3.63, 3.8) is 0 Å². The number of nitrogens with one attached hydrogen (secondary N) is 1. The molecule has 57 heavy (non-hydrogen) atoms. The predicted molar refractivity (Wildman–Crippen MR) is 241 cm³/mol. The maximum absolute atomic E-state index is 12.9. The third kappa shape index (κ3) is 38.1. The second-order valence-electron chi connectivity index (χ2n) is 17.9. The Morgan fingerprint density at radius 2 is 0.982 bits per heavy atom. The largest absolute Gasteiger partial charge is 0.466 e. The van der Waals surface area contributed by atoms with Gasteiger partial charge in [0.05, 0.1) is 6.61 Å². The first-order valence-corrected chi connectivity index (χ1v) is 24.6. The molecule has 1 atom stereocenters. The molecule has 0 aromatic rings. The third-order valence-corrected chi connectivity index (χ3v) is 11.0. The van der Waals surface area contributed by atoms with Crippen LogP contribution in [0.5, 0.6) is 0 Å². The summed E-state index contributed by atoms with van der Waals surface area (Å²) >= 11 is 0. The topological polar surface area (TPSA) is 94.2 Å². The van der Waals surface area contributed by atoms with Crippen LogP contribution in [0.15, 0.2) is 0 Å². The van der Waals surface area contributed by atoms with Crippen molar-refractivity contribution in [1.82, 2.24) is 10.2 Å². The molecule has 1 N–H and O–H groups in total. The molecule has 0 fully saturated rings. The molecule has 8 heteroatoms. The fraction of sp³-hybridized carbons (Fsp3) is 0.939. The molecular weight excluding hydrogens is 713 g/mol. The van der Waals surface area contributed by atoms with Gasteiger partial charge < -0.3 is 19.5 Å². The van der Waals surface area contributed by atoms with E-state index in [0.717, 1.165) is 109 Å². The Labute approximate surface area is 353 Å². The molecule has 0 heterocycles. The van der Waals surface area contributed by atoms with Crippen LogP contribution < -0.4 is 5.32 Å². The molecule has 0 radical (unpaired) electrons. The van der Waals surface area contributed by atoms with Gasteiger partial charge in [-0.1, -0.05) is 156 Å². The number of alkyl carbamates (subject to hydrolysis) is 1. The number of esters is 2. The van der Waals surface area contributed by atoms with Gasteiger partial charge in [0.25, 0.3) is 0 Å². The smallest absolute Gasteiger partial charge is 0.407 e. The summed E-state index contributed by atoms with van der Waals surface area (Å²) in [4.78, 5) is 40.1. The highest BCUT2D eigenvalue weighted by Crippen LogP contribution is 2.20. The van der Waals surface area contributed by atoms with Crippen LogP contribution in [-0.4, -0.2) is 66.9 Å². The second kappa shape index (κ2) is 39.6. The summed E-state index contributed by atoms with van der Waals surface area (Å²) in [6.45, 7) is 17.5. The van der Waals surface area contributed by atoms with Crippen molar-refractivity contribution < 1.29 is 28.6 Å². The van der Waals surface area contributed by atoms with Crippen LogP contribution in [0.2, 0.25) is 0 Å². The molecule has 338 valence electrons. The number of unbranched alkanes of at least 4 members (excludes halogenated alkanes) is 20. The van der Waals surface area contributed by atoms with E-state index in [1.807, 2.05) is 20.8 Å². The lowest BCUT2D eigenvalue weighted by Gasteiger charge is -2.32. The van der Waals surface area contributed by atoms with Crippen molar-refractivity contribution in [1.29, 1.82) is 0 Å². The first-order chi connectivity index (χ1) is 27.6. The van der Waals surface area contributed by atoms with E-state index in [-0.39, 0.29) is 24.1 Å². The minimum absolute atomic E-state index is 0.00210. The highest BCUT2D eigenvalue weighted by molar-refractivity contribution is 5.69. The summed E-state index contributed by atoms with van der Waals surface area (Å²) in [5, 5.41) is 2.97. The SMILES string of the molecule is CCCCCCCCC(CCCCCCCC)OC(=O)CCCCCCCN(CCNC(=O)OC(C)(C)C)C(CCC)CCCCCC(=O)OCCCCCCC. The van der Waals surface area contributed by atoms with E-state index in [9.17, 15) is 14.4 Å². The van der Waals surface area contributed by atoms with Gasteiger partial charge in [-0.2, -0.15) is 0 Å². The van der Waals surface area contributed by atoms with Crippen molar-refractivity contribution in [2.75, 3.05) is 26.2 Å². The lowest BCUT2D eigenvalue weighted by molar-refractivity contribution is -0.150. The number of amides is 1. The normalized spacial score (nSPS) is 12.3. The zero-order chi connectivity index (χ0) is 42.2. The van der Waals surface area contributed by atoms with Gasteiger partial charge >= 0.3 is 18.0 Å². The van der Waals surface area contributed by atoms with Gasteiger partial charge in [0.1, 0.15) is 11.7 Å². The van der Waals surface area contributed by atoms with Crippen LogP contribution in [0.25, 0.3) is 0 Å². The van der Waals surface area contributed by atoms with E-state index >= 15 is 0 Å². The molecule has 8 nitrogen and oxygen atoms in total. The summed E-state index contributed by atoms with van der Waals surface area (Å²) in [7, 11) is 0. The van der Waals surface area contributed by atoms with Crippen LogP contribution in [-0.2, 0) is 23.8 Å². The van der Waals surface area contributed by atoms with E-state index in [0.29, 0.717) is 32.0 Å². The predicted octanol–water partition coefficient (Wildman–Crippen LogP) is 14.2. The highest BCUT2D eigenvalue weighted by Gasteiger charge is 2.20. The molecule has 0 saturated heterocycles. The fourth-order valence-electron chi connectivity index (χ4n) is 7.65. The monoisotopic (exact) mass is 809 g/mol. The van der Waals surface area contributed by atoms with Gasteiger partial charge in [-0.3, -0.25) is 14.5 Å². The number of rotatable bonds is 41. The van der Waals surface area contributed by atoms with Crippen LogP contribution in [0, 0.1) is 0 Å². The first-order valence-electron chi connectivity index (χ1n) is 24.6. The van der Waals surface area contributed by atoms with Crippen molar-refractivity contribution in [2.45, 2.75) is 272 Å². The molecule has 0 aliphatic carbocycles. The summed E-state index contributed by atoms with van der Waals surface area (Å²) in [6.07, 6.45) is 35.4. The van der Waals surface area contributed by atoms with Crippen LogP contribution in [0.3, 0.4) is 0 Å². The zero-order valence-corrected chi connectivity index (χ0v) is 39.0. The molecule has 0 saturated carbocycles. The number of nitrogens with zero attached hydrogens (tertiary/aromatic N) is 1. The molecule has 0 aliphatic heterocycles. The maximum atomic E-state index is 12.9. The molecule has 0 aromatic carbocycles. The average molecular weight is 809 g/mol.